The number of nitrogens with one attached hydrogen (secondary N) is 1. The standard InChI is InChI=1S/C27H25N7O4/c1-2-3-15-38-25(35)22-18-31-26(33-24(22)20-7-5-19(16-28)6-8-20)29-14-12-27(11-4-13-32-27)23-10-9-21(17-30-23)34(36)37/h4-11,13,17-18H,2-3,12,14-15H2,1H3,(H,29,31,33). The van der Waals surface area contributed by atoms with Gasteiger partial charge in [0, 0.05) is 30.6 Å². The summed E-state index contributed by atoms with van der Waals surface area (Å²) < 4.78 is 5.39. The van der Waals surface area contributed by atoms with Gasteiger partial charge >= 0.3 is 5.97 Å². The number of carbonyl (C=O) groups is 1. The molecule has 192 valence electrons. The van der Waals surface area contributed by atoms with Gasteiger partial charge in [0.1, 0.15) is 17.3 Å². The normalized spacial score (nSPS) is 15.7. The highest BCUT2D eigenvalue weighted by atomic mass is 16.6. The number of nitriles is 1. The number of esters is 1. The van der Waals surface area contributed by atoms with E-state index < -0.39 is 16.4 Å². The molecule has 0 saturated heterocycles. The Bertz CT molecular complexity index is 1400. The molecule has 1 unspecified atom stereocenters. The van der Waals surface area contributed by atoms with E-state index in [0.717, 1.165) is 12.8 Å². The van der Waals surface area contributed by atoms with Crippen LogP contribution in [0.3, 0.4) is 0 Å². The van der Waals surface area contributed by atoms with E-state index in [1.807, 2.05) is 19.1 Å². The first-order valence-corrected chi connectivity index (χ1v) is 12.1. The molecule has 11 nitrogen and oxygen atoms in total. The number of hydrogen-bond donors (Lipinski definition) is 1. The number of rotatable bonds is 11. The third kappa shape index (κ3) is 5.87. The van der Waals surface area contributed by atoms with Crippen molar-refractivity contribution in [3.05, 3.63) is 87.9 Å². The molecule has 38 heavy (non-hydrogen) atoms. The van der Waals surface area contributed by atoms with E-state index in [9.17, 15) is 14.9 Å². The zero-order chi connectivity index (χ0) is 27.0. The fourth-order valence-electron chi connectivity index (χ4n) is 3.89. The summed E-state index contributed by atoms with van der Waals surface area (Å²) >= 11 is 0. The lowest BCUT2D eigenvalue weighted by molar-refractivity contribution is -0.385. The van der Waals surface area contributed by atoms with E-state index in [1.165, 1.54) is 18.5 Å². The molecule has 0 spiro atoms. The number of anilines is 1. The molecule has 0 fully saturated rings. The number of hydrogen-bond acceptors (Lipinski definition) is 10. The molecule has 3 heterocycles. The number of carbonyl (C=O) groups excluding carboxylic acids is 1. The molecule has 0 bridgehead atoms. The van der Waals surface area contributed by atoms with Gasteiger partial charge in [-0.25, -0.2) is 14.8 Å². The summed E-state index contributed by atoms with van der Waals surface area (Å²) in [5.74, 6) is -0.217. The number of pyridine rings is 1. The van der Waals surface area contributed by atoms with E-state index in [-0.39, 0.29) is 11.3 Å². The number of aromatic nitrogens is 3. The number of nitro groups is 1. The van der Waals surface area contributed by atoms with Crippen molar-refractivity contribution < 1.29 is 14.5 Å². The van der Waals surface area contributed by atoms with E-state index in [2.05, 4.69) is 31.3 Å². The lowest BCUT2D eigenvalue weighted by atomic mass is 9.92. The predicted octanol–water partition coefficient (Wildman–Crippen LogP) is 4.61. The number of benzene rings is 1. The maximum absolute atomic E-state index is 12.8. The van der Waals surface area contributed by atoms with Crippen LogP contribution in [0.5, 0.6) is 0 Å². The first-order valence-electron chi connectivity index (χ1n) is 12.1. The van der Waals surface area contributed by atoms with Gasteiger partial charge in [-0.1, -0.05) is 25.5 Å². The smallest absolute Gasteiger partial charge is 0.341 e. The molecule has 11 heteroatoms. The molecule has 2 aromatic heterocycles. The van der Waals surface area contributed by atoms with Gasteiger partial charge in [-0.15, -0.1) is 0 Å². The molecular weight excluding hydrogens is 486 g/mol. The number of unbranched alkanes of at least 4 members (excludes halogenated alkanes) is 1. The van der Waals surface area contributed by atoms with Crippen molar-refractivity contribution in [2.75, 3.05) is 18.5 Å². The summed E-state index contributed by atoms with van der Waals surface area (Å²) in [5.41, 5.74) is 1.46. The predicted molar refractivity (Wildman–Crippen MR) is 141 cm³/mol. The van der Waals surface area contributed by atoms with Crippen LogP contribution in [0.4, 0.5) is 11.6 Å². The molecule has 0 radical (unpaired) electrons. The molecule has 0 amide bonds. The molecular formula is C27H25N7O4. The van der Waals surface area contributed by atoms with Crippen molar-refractivity contribution in [1.29, 1.82) is 5.26 Å². The molecule has 1 aromatic carbocycles. The Morgan fingerprint density at radius 2 is 2.00 bits per heavy atom. The Kier molecular flexibility index (Phi) is 8.13. The van der Waals surface area contributed by atoms with Gasteiger partial charge in [0.15, 0.2) is 0 Å². The number of ether oxygens (including phenoxy) is 1. The highest BCUT2D eigenvalue weighted by Crippen LogP contribution is 2.33. The molecule has 0 saturated carbocycles. The maximum Gasteiger partial charge on any atom is 0.341 e. The third-order valence-electron chi connectivity index (χ3n) is 5.98. The van der Waals surface area contributed by atoms with Gasteiger partial charge in [0.25, 0.3) is 5.69 Å². The van der Waals surface area contributed by atoms with Crippen molar-refractivity contribution in [3.63, 3.8) is 0 Å². The van der Waals surface area contributed by atoms with Crippen molar-refractivity contribution in [1.82, 2.24) is 15.0 Å². The fourth-order valence-corrected chi connectivity index (χ4v) is 3.89. The van der Waals surface area contributed by atoms with Crippen LogP contribution in [-0.4, -0.2) is 45.2 Å². The van der Waals surface area contributed by atoms with Crippen LogP contribution in [0.15, 0.2) is 65.9 Å². The van der Waals surface area contributed by atoms with Crippen molar-refractivity contribution >= 4 is 23.8 Å². The van der Waals surface area contributed by atoms with Gasteiger partial charge in [0.2, 0.25) is 5.95 Å². The molecule has 1 aliphatic rings. The summed E-state index contributed by atoms with van der Waals surface area (Å²) in [4.78, 5) is 41.0. The molecule has 1 aliphatic heterocycles. The zero-order valence-electron chi connectivity index (χ0n) is 20.7. The number of nitrogens with zero attached hydrogens (tertiary/aromatic N) is 6. The van der Waals surface area contributed by atoms with E-state index in [0.29, 0.717) is 48.0 Å². The molecule has 1 atom stereocenters. The van der Waals surface area contributed by atoms with E-state index >= 15 is 0 Å². The maximum atomic E-state index is 12.8. The number of allylic oxidation sites excluding steroid dienone is 1. The minimum atomic E-state index is -0.777. The molecule has 0 aliphatic carbocycles. The highest BCUT2D eigenvalue weighted by molar-refractivity contribution is 5.96. The van der Waals surface area contributed by atoms with Crippen LogP contribution < -0.4 is 5.32 Å². The summed E-state index contributed by atoms with van der Waals surface area (Å²) in [7, 11) is 0. The summed E-state index contributed by atoms with van der Waals surface area (Å²) in [6.07, 6.45) is 10.1. The summed E-state index contributed by atoms with van der Waals surface area (Å²) in [5, 5.41) is 23.3. The topological polar surface area (TPSA) is 156 Å². The van der Waals surface area contributed by atoms with Crippen LogP contribution in [0.2, 0.25) is 0 Å². The minimum Gasteiger partial charge on any atom is -0.462 e. The first-order chi connectivity index (χ1) is 18.5. The average molecular weight is 512 g/mol. The van der Waals surface area contributed by atoms with Crippen molar-refractivity contribution in [2.45, 2.75) is 31.7 Å². The van der Waals surface area contributed by atoms with Crippen LogP contribution in [0.25, 0.3) is 11.3 Å². The Labute approximate surface area is 219 Å². The second-order valence-electron chi connectivity index (χ2n) is 8.53. The van der Waals surface area contributed by atoms with Crippen molar-refractivity contribution in [2.24, 2.45) is 4.99 Å². The van der Waals surface area contributed by atoms with Crippen LogP contribution in [0.1, 0.15) is 47.8 Å². The summed E-state index contributed by atoms with van der Waals surface area (Å²) in [6.45, 7) is 2.70. The van der Waals surface area contributed by atoms with Gasteiger partial charge in [-0.05, 0) is 43.2 Å². The number of aliphatic imine (C=N–C) groups is 1. The van der Waals surface area contributed by atoms with Crippen molar-refractivity contribution in [3.8, 4) is 17.3 Å². The lowest BCUT2D eigenvalue weighted by Gasteiger charge is -2.23. The van der Waals surface area contributed by atoms with E-state index in [1.54, 1.807) is 36.5 Å². The SMILES string of the molecule is CCCCOC(=O)c1cnc(NCCC2(c3ccc([N+](=O)[O-])cn3)C=CC=N2)nc1-c1ccc(C#N)cc1. The average Bonchev–Trinajstić information content (AvgIpc) is 3.43. The van der Waals surface area contributed by atoms with Crippen LogP contribution in [0, 0.1) is 21.4 Å². The van der Waals surface area contributed by atoms with Gasteiger partial charge in [0.05, 0.1) is 34.6 Å². The van der Waals surface area contributed by atoms with E-state index in [4.69, 9.17) is 10.00 Å². The molecule has 3 aromatic rings. The largest absolute Gasteiger partial charge is 0.462 e. The first kappa shape index (κ1) is 26.1. The minimum absolute atomic E-state index is 0.0926. The van der Waals surface area contributed by atoms with Crippen LogP contribution in [-0.2, 0) is 10.3 Å². The Morgan fingerprint density at radius 3 is 2.63 bits per heavy atom. The monoisotopic (exact) mass is 511 g/mol. The van der Waals surface area contributed by atoms with Gasteiger partial charge in [-0.2, -0.15) is 5.26 Å². The van der Waals surface area contributed by atoms with Gasteiger partial charge < -0.3 is 10.1 Å². The quantitative estimate of drug-likeness (QED) is 0.168. The van der Waals surface area contributed by atoms with Crippen LogP contribution >= 0.6 is 0 Å². The fraction of sp³-hybridized carbons (Fsp3) is 0.259. The van der Waals surface area contributed by atoms with Gasteiger partial charge in [-0.3, -0.25) is 20.1 Å². The molecule has 1 N–H and O–H groups in total. The Morgan fingerprint density at radius 1 is 1.18 bits per heavy atom. The second kappa shape index (κ2) is 11.8. The third-order valence-corrected chi connectivity index (χ3v) is 5.98. The lowest BCUT2D eigenvalue weighted by Crippen LogP contribution is -2.25. The second-order valence-corrected chi connectivity index (χ2v) is 8.53. The Balaban J connectivity index is 1.54. The Hall–Kier alpha value is -4.98. The molecule has 4 rings (SSSR count). The summed E-state index contributed by atoms with van der Waals surface area (Å²) in [6, 6.07) is 11.8. The zero-order valence-corrected chi connectivity index (χ0v) is 20.7. The highest BCUT2D eigenvalue weighted by Gasteiger charge is 2.32.